The minimum atomic E-state index is -3.45. The molecular weight excluding hydrogens is 1690 g/mol. The number of terminal acetylenes is 1. The van der Waals surface area contributed by atoms with E-state index in [2.05, 4.69) is 191 Å². The number of nitrogens with one attached hydrogen (secondary N) is 10. The van der Waals surface area contributed by atoms with E-state index in [1.807, 2.05) is 139 Å². The number of para-hydroxylation sites is 4. The summed E-state index contributed by atoms with van der Waals surface area (Å²) in [5.74, 6) is 5.84. The summed E-state index contributed by atoms with van der Waals surface area (Å²) in [7, 11) is 3.16. The Morgan fingerprint density at radius 1 is 0.521 bits per heavy atom. The molecule has 11 aromatic rings. The molecule has 11 N–H and O–H groups in total. The van der Waals surface area contributed by atoms with E-state index in [0.717, 1.165) is 151 Å². The lowest BCUT2D eigenvalue weighted by molar-refractivity contribution is -0.115. The highest BCUT2D eigenvalue weighted by Gasteiger charge is 2.58. The van der Waals surface area contributed by atoms with Gasteiger partial charge in [0.1, 0.15) is 16.6 Å². The number of nitrogens with zero attached hydrogens (tertiary/aromatic N) is 10. The summed E-state index contributed by atoms with van der Waals surface area (Å²) in [5, 5.41) is 21.9. The summed E-state index contributed by atoms with van der Waals surface area (Å²) in [5.41, 5.74) is 22.4. The summed E-state index contributed by atoms with van der Waals surface area (Å²) in [6.45, 7) is 36.0. The van der Waals surface area contributed by atoms with Crippen molar-refractivity contribution in [2.75, 3.05) is 76.5 Å². The van der Waals surface area contributed by atoms with Crippen LogP contribution in [0, 0.1) is 12.3 Å². The summed E-state index contributed by atoms with van der Waals surface area (Å²) in [4.78, 5) is 105. The Hall–Kier alpha value is -11.0. The van der Waals surface area contributed by atoms with E-state index in [1.165, 1.54) is 0 Å². The summed E-state index contributed by atoms with van der Waals surface area (Å²) >= 11 is 6.77. The zero-order chi connectivity index (χ0) is 88.6. The Bertz CT molecular complexity index is 5800. The van der Waals surface area contributed by atoms with Gasteiger partial charge in [-0.2, -0.15) is 13.9 Å². The van der Waals surface area contributed by atoms with Gasteiger partial charge in [0.2, 0.25) is 0 Å². The number of methoxy groups -OCH3 is 3. The Kier molecular flexibility index (Phi) is 28.6. The quantitative estimate of drug-likeness (QED) is 0.0120. The second-order valence-corrected chi connectivity index (χ2v) is 37.5. The molecule has 0 atom stereocenters. The van der Waals surface area contributed by atoms with Gasteiger partial charge in [0.15, 0.2) is 29.0 Å². The monoisotopic (exact) mass is 1800 g/mol. The number of ketones is 1. The van der Waals surface area contributed by atoms with Crippen molar-refractivity contribution in [2.24, 2.45) is 0 Å². The van der Waals surface area contributed by atoms with Gasteiger partial charge < -0.3 is 81.2 Å². The second-order valence-electron chi connectivity index (χ2n) is 33.6. The normalized spacial score (nSPS) is 14.5. The van der Waals surface area contributed by atoms with Gasteiger partial charge in [0.25, 0.3) is 41.1 Å². The molecule has 0 unspecified atom stereocenters. The van der Waals surface area contributed by atoms with Crippen LogP contribution in [0.1, 0.15) is 172 Å². The first kappa shape index (κ1) is 92.2. The number of ether oxygens (including phenoxy) is 3. The Morgan fingerprint density at radius 2 is 0.876 bits per heavy atom. The van der Waals surface area contributed by atoms with Gasteiger partial charge in [0, 0.05) is 118 Å². The van der Waals surface area contributed by atoms with Gasteiger partial charge in [-0.05, 0) is 197 Å². The van der Waals surface area contributed by atoms with E-state index < -0.39 is 37.5 Å². The van der Waals surface area contributed by atoms with Gasteiger partial charge in [0.05, 0.1) is 95.6 Å². The number of H-pyrrole nitrogens is 3. The lowest BCUT2D eigenvalue weighted by Crippen LogP contribution is -2.41. The van der Waals surface area contributed by atoms with Crippen LogP contribution in [0.3, 0.4) is 0 Å². The molecule has 3 amide bonds. The van der Waals surface area contributed by atoms with Gasteiger partial charge in [-0.3, -0.25) is 19.2 Å². The maximum absolute atomic E-state index is 12.1. The van der Waals surface area contributed by atoms with Crippen molar-refractivity contribution >= 4 is 149 Å². The number of halogens is 2. The molecule has 7 aromatic heterocycles. The maximum atomic E-state index is 12.1. The molecule has 0 aliphatic carbocycles. The third-order valence-corrected chi connectivity index (χ3v) is 22.0. The molecule has 638 valence electrons. The Morgan fingerprint density at radius 3 is 1.25 bits per heavy atom. The van der Waals surface area contributed by atoms with E-state index in [0.29, 0.717) is 70.8 Å². The zero-order valence-electron chi connectivity index (χ0n) is 72.2. The van der Waals surface area contributed by atoms with Crippen molar-refractivity contribution in [3.63, 3.8) is 0 Å². The van der Waals surface area contributed by atoms with E-state index in [4.69, 9.17) is 50.4 Å². The van der Waals surface area contributed by atoms with Crippen LogP contribution in [-0.2, 0) is 42.4 Å². The first-order chi connectivity index (χ1) is 56.8. The average Bonchev–Trinajstić information content (AvgIpc) is 1.45. The van der Waals surface area contributed by atoms with Crippen LogP contribution in [0.15, 0.2) is 100 Å². The molecule has 1 saturated heterocycles. The Balaban J connectivity index is 0.000000157. The van der Waals surface area contributed by atoms with Crippen LogP contribution in [-0.4, -0.2) is 189 Å². The fraction of sp³-hybridized carbons (Fsp3) is 0.400. The van der Waals surface area contributed by atoms with E-state index in [1.54, 1.807) is 21.3 Å². The highest BCUT2D eigenvalue weighted by Crippen LogP contribution is 2.56. The lowest BCUT2D eigenvalue weighted by Gasteiger charge is -2.32. The van der Waals surface area contributed by atoms with Crippen LogP contribution in [0.25, 0.3) is 72.2 Å². The van der Waals surface area contributed by atoms with E-state index in [-0.39, 0.29) is 39.9 Å². The first-order valence-corrected chi connectivity index (χ1v) is 42.1. The van der Waals surface area contributed by atoms with Gasteiger partial charge >= 0.3 is 20.5 Å². The number of fused-ring (bicyclic) bond motifs is 7. The molecule has 15 rings (SSSR count). The first-order valence-electron chi connectivity index (χ1n) is 38.9. The number of amides is 3. The molecule has 0 radical (unpaired) electrons. The number of rotatable bonds is 14. The number of anilines is 4. The highest BCUT2D eigenvalue weighted by atomic mass is 79.9. The molecule has 0 saturated carbocycles. The minimum Gasteiger partial charge on any atom is -0.478 e. The van der Waals surface area contributed by atoms with Crippen LogP contribution in [0.5, 0.6) is 17.6 Å². The molecule has 4 aliphatic rings. The molecule has 4 aliphatic heterocycles. The predicted molar refractivity (Wildman–Crippen MR) is 481 cm³/mol. The zero-order valence-corrected chi connectivity index (χ0v) is 76.2. The van der Waals surface area contributed by atoms with Gasteiger partial charge in [-0.15, -0.1) is 11.2 Å². The maximum Gasteiger partial charge on any atom is 0.549 e. The SMILES string of the molecule is C#Cc1nc2cccc(-c3cc4c([nH]3)CCNC4=O)c2nc1NC(C)(C)C.CO[P+](O)(OC)C(=[N+]=[N-])C(C)=O.COc1nc2cccc(-c3cc4c([nH]3)CCNC4=O)c2nc1NC(C)(C)C.COc1nc2cccc(B3OC(C)(C)C(C)(C)O3)c2nc1NC(C)(C)C.COc1nc2cccc(Br)c2nc1NC(C)(C)C.O=C1NCCc2[nH]c(Br)cc21. The highest BCUT2D eigenvalue weighted by molar-refractivity contribution is 9.10. The molecule has 36 heteroatoms. The van der Waals surface area contributed by atoms with Crippen molar-refractivity contribution in [1.82, 2.24) is 70.8 Å². The van der Waals surface area contributed by atoms with Crippen molar-refractivity contribution < 1.29 is 61.4 Å². The number of aromatic nitrogens is 11. The number of aromatic amines is 3. The fourth-order valence-corrected chi connectivity index (χ4v) is 14.7. The van der Waals surface area contributed by atoms with Crippen LogP contribution in [0.2, 0.25) is 0 Å². The molecule has 1 fully saturated rings. The smallest absolute Gasteiger partial charge is 0.478 e. The third kappa shape index (κ3) is 22.4. The van der Waals surface area contributed by atoms with Gasteiger partial charge in [-0.25, -0.2) is 39.9 Å². The Labute approximate surface area is 720 Å². The molecular formula is C85H105BBr2N20O12P+. The standard InChI is InChI=1S/C21H21N5O.C20H23N5O2.C19H28BN3O3.C13H16BrN3O.C7H7BrN2O.C5H10N2O4P/c1-5-14-19(26-21(2,3)4)25-18-12(7-6-8-16(18)23-14)17-11-13-15(24-17)9-10-22-20(13)27;1-20(2,3)25-17-19(27-4)23-14-7-5-6-11(16(14)24-17)15-10-12-13(22-15)8-9-21-18(12)26;1-17(2,3)23-15-16(24-8)21-13-11-9-10-12(14(13)22-15)20-25-18(4,5)19(6,7)26-20;1-13(2,3)17-11-12(18-4)15-9-7-5-6-8(14)10(9)16-11;8-6-3-4-5(10-6)1-2-9-7(4)11;1-4(8)5(7-6)12(9,10-2)11-3/h1,6-8,11,24H,9-10H2,2-4H3,(H,22,27)(H,25,26);5-7,10,22H,8-9H2,1-4H3,(H,21,26)(H,24,25);9-11H,1-8H3,(H,22,23);5-7H,1-4H3,(H,16,17);3,10H,1-2H2,(H,9,11);9H,1-3H3/q;;;;;+1. The van der Waals surface area contributed by atoms with Crippen molar-refractivity contribution in [3.8, 4) is 52.5 Å². The number of carbonyl (C=O) groups excluding carboxylic acids is 4. The number of Topliss-reactive ketones (excluding diaryl/α,β-unsaturated/α-hetero) is 1. The number of carbonyl (C=O) groups is 4. The molecule has 0 bridgehead atoms. The summed E-state index contributed by atoms with van der Waals surface area (Å²) in [6.07, 6.45) is 8.12. The summed E-state index contributed by atoms with van der Waals surface area (Å²) < 4.78 is 39.4. The topological polar surface area (TPSA) is 424 Å². The van der Waals surface area contributed by atoms with Crippen LogP contribution < -0.4 is 56.9 Å². The van der Waals surface area contributed by atoms with E-state index in [9.17, 15) is 24.1 Å². The molecule has 4 aromatic carbocycles. The summed E-state index contributed by atoms with van der Waals surface area (Å²) in [6, 6.07) is 28.8. The van der Waals surface area contributed by atoms with E-state index >= 15 is 0 Å². The number of benzene rings is 4. The van der Waals surface area contributed by atoms with Crippen molar-refractivity contribution in [1.29, 1.82) is 0 Å². The lowest BCUT2D eigenvalue weighted by atomic mass is 9.78. The van der Waals surface area contributed by atoms with Crippen molar-refractivity contribution in [2.45, 2.75) is 170 Å². The van der Waals surface area contributed by atoms with Crippen molar-refractivity contribution in [3.05, 3.63) is 145 Å². The van der Waals surface area contributed by atoms with Crippen LogP contribution in [0.4, 0.5) is 23.3 Å². The predicted octanol–water partition coefficient (Wildman–Crippen LogP) is 14.3. The molecule has 0 spiro atoms. The minimum absolute atomic E-state index is 0.0215. The molecule has 121 heavy (non-hydrogen) atoms. The third-order valence-electron chi connectivity index (χ3n) is 19.0. The number of hydrogen-bond donors (Lipinski definition) is 11. The largest absolute Gasteiger partial charge is 0.549 e. The van der Waals surface area contributed by atoms with Crippen LogP contribution >= 0.6 is 39.8 Å². The molecule has 11 heterocycles. The second kappa shape index (κ2) is 37.5. The fourth-order valence-electron chi connectivity index (χ4n) is 12.8. The number of hydrogen-bond acceptors (Lipinski definition) is 24. The average molecular weight is 1800 g/mol. The molecule has 32 nitrogen and oxygen atoms in total. The van der Waals surface area contributed by atoms with Gasteiger partial charge in [-0.1, -0.05) is 42.5 Å².